The minimum atomic E-state index is -0.292. The lowest BCUT2D eigenvalue weighted by atomic mass is 10.0. The van der Waals surface area contributed by atoms with Crippen molar-refractivity contribution in [2.45, 2.75) is 58.9 Å². The number of hydrogen-bond donors (Lipinski definition) is 1. The molecule has 0 aromatic heterocycles. The Hall–Kier alpha value is -0.810. The number of alkyl carbamates (subject to hydrolysis) is 1. The zero-order chi connectivity index (χ0) is 16.2. The van der Waals surface area contributed by atoms with Gasteiger partial charge >= 0.3 is 6.09 Å². The average molecular weight is 313 g/mol. The quantitative estimate of drug-likeness (QED) is 0.630. The van der Waals surface area contributed by atoms with Gasteiger partial charge in [-0.3, -0.25) is 4.90 Å². The molecule has 22 heavy (non-hydrogen) atoms. The summed E-state index contributed by atoms with van der Waals surface area (Å²) in [7, 11) is 0. The molecule has 1 aliphatic rings. The second kappa shape index (κ2) is 11.7. The van der Waals surface area contributed by atoms with E-state index in [9.17, 15) is 4.79 Å². The zero-order valence-electron chi connectivity index (χ0n) is 14.8. The summed E-state index contributed by atoms with van der Waals surface area (Å²) >= 11 is 0. The number of unbranched alkanes of at least 4 members (excludes halogenated alkanes) is 1. The molecule has 1 rings (SSSR count). The van der Waals surface area contributed by atoms with E-state index < -0.39 is 0 Å². The Labute approximate surface area is 136 Å². The van der Waals surface area contributed by atoms with E-state index in [0.29, 0.717) is 19.2 Å². The van der Waals surface area contributed by atoms with E-state index in [2.05, 4.69) is 29.0 Å². The van der Waals surface area contributed by atoms with Gasteiger partial charge in [-0.05, 0) is 58.8 Å². The maximum Gasteiger partial charge on any atom is 0.407 e. The van der Waals surface area contributed by atoms with Crippen LogP contribution in [0.3, 0.4) is 0 Å². The molecule has 0 aliphatic carbocycles. The van der Waals surface area contributed by atoms with E-state index in [1.807, 2.05) is 6.92 Å². The maximum atomic E-state index is 11.2. The summed E-state index contributed by atoms with van der Waals surface area (Å²) in [5, 5.41) is 2.80. The van der Waals surface area contributed by atoms with Crippen LogP contribution in [0.2, 0.25) is 0 Å². The number of nitrogens with zero attached hydrogens (tertiary/aromatic N) is 2. The summed E-state index contributed by atoms with van der Waals surface area (Å²) in [4.78, 5) is 16.4. The number of hydrogen-bond acceptors (Lipinski definition) is 4. The molecule has 0 radical (unpaired) electrons. The van der Waals surface area contributed by atoms with Crippen molar-refractivity contribution < 1.29 is 9.53 Å². The Bertz CT molecular complexity index is 296. The Morgan fingerprint density at radius 2 is 2.00 bits per heavy atom. The van der Waals surface area contributed by atoms with Crippen LogP contribution in [0.15, 0.2) is 0 Å². The van der Waals surface area contributed by atoms with Crippen LogP contribution in [0.25, 0.3) is 0 Å². The lowest BCUT2D eigenvalue weighted by Gasteiger charge is -2.38. The third-order valence-corrected chi connectivity index (χ3v) is 4.53. The molecule has 0 spiro atoms. The summed E-state index contributed by atoms with van der Waals surface area (Å²) in [6.07, 6.45) is 5.90. The smallest absolute Gasteiger partial charge is 0.407 e. The fourth-order valence-electron chi connectivity index (χ4n) is 3.15. The number of piperidine rings is 1. The highest BCUT2D eigenvalue weighted by Crippen LogP contribution is 2.18. The largest absolute Gasteiger partial charge is 0.450 e. The van der Waals surface area contributed by atoms with E-state index in [1.54, 1.807) is 0 Å². The van der Waals surface area contributed by atoms with Crippen LogP contribution in [-0.4, -0.2) is 67.8 Å². The second-order valence-corrected chi connectivity index (χ2v) is 6.03. The Morgan fingerprint density at radius 3 is 2.68 bits per heavy atom. The van der Waals surface area contributed by atoms with Gasteiger partial charge in [0, 0.05) is 19.1 Å². The molecule has 1 N–H and O–H groups in total. The second-order valence-electron chi connectivity index (χ2n) is 6.03. The van der Waals surface area contributed by atoms with Gasteiger partial charge in [0.1, 0.15) is 0 Å². The van der Waals surface area contributed by atoms with Gasteiger partial charge in [-0.25, -0.2) is 4.79 Å². The molecule has 0 bridgehead atoms. The van der Waals surface area contributed by atoms with Crippen LogP contribution in [0.5, 0.6) is 0 Å². The highest BCUT2D eigenvalue weighted by atomic mass is 16.5. The first-order valence-electron chi connectivity index (χ1n) is 9.08. The topological polar surface area (TPSA) is 44.8 Å². The first-order valence-corrected chi connectivity index (χ1v) is 9.08. The molecule has 1 saturated heterocycles. The minimum absolute atomic E-state index is 0.292. The third-order valence-electron chi connectivity index (χ3n) is 4.53. The van der Waals surface area contributed by atoms with E-state index >= 15 is 0 Å². The number of likely N-dealkylation sites (N-methyl/N-ethyl adjacent to an activating group) is 1. The third kappa shape index (κ3) is 7.45. The highest BCUT2D eigenvalue weighted by molar-refractivity contribution is 5.66. The molecule has 1 atom stereocenters. The van der Waals surface area contributed by atoms with E-state index in [1.165, 1.54) is 32.4 Å². The SMILES string of the molecule is CCOC(=O)NCCCCN1CCCCC1CN(CC)CC. The fraction of sp³-hybridized carbons (Fsp3) is 0.941. The van der Waals surface area contributed by atoms with Crippen molar-refractivity contribution in [2.24, 2.45) is 0 Å². The molecule has 0 saturated carbocycles. The van der Waals surface area contributed by atoms with E-state index in [-0.39, 0.29) is 6.09 Å². The molecule has 130 valence electrons. The number of carbonyl (C=O) groups excluding carboxylic acids is 1. The highest BCUT2D eigenvalue weighted by Gasteiger charge is 2.23. The summed E-state index contributed by atoms with van der Waals surface area (Å²) in [5.41, 5.74) is 0. The van der Waals surface area contributed by atoms with Gasteiger partial charge in [0.05, 0.1) is 6.61 Å². The standard InChI is InChI=1S/C17H35N3O2/c1-4-19(5-2)15-16-11-7-9-13-20(16)14-10-8-12-18-17(21)22-6-3/h16H,4-15H2,1-3H3,(H,18,21). The van der Waals surface area contributed by atoms with Gasteiger partial charge in [-0.2, -0.15) is 0 Å². The van der Waals surface area contributed by atoms with Gasteiger partial charge in [-0.15, -0.1) is 0 Å². The maximum absolute atomic E-state index is 11.2. The van der Waals surface area contributed by atoms with Crippen molar-refractivity contribution in [3.8, 4) is 0 Å². The van der Waals surface area contributed by atoms with Gasteiger partial charge in [-0.1, -0.05) is 20.3 Å². The van der Waals surface area contributed by atoms with Crippen molar-refractivity contribution in [1.29, 1.82) is 0 Å². The van der Waals surface area contributed by atoms with Crippen LogP contribution in [0.4, 0.5) is 4.79 Å². The van der Waals surface area contributed by atoms with E-state index in [4.69, 9.17) is 4.74 Å². The first kappa shape index (κ1) is 19.2. The Balaban J connectivity index is 2.22. The van der Waals surface area contributed by atoms with Crippen LogP contribution >= 0.6 is 0 Å². The van der Waals surface area contributed by atoms with Gasteiger partial charge in [0.2, 0.25) is 0 Å². The molecule has 5 heteroatoms. The van der Waals surface area contributed by atoms with Crippen molar-refractivity contribution >= 4 is 6.09 Å². The molecule has 0 aromatic rings. The van der Waals surface area contributed by atoms with Crippen molar-refractivity contribution in [3.63, 3.8) is 0 Å². The predicted octanol–water partition coefficient (Wildman–Crippen LogP) is 2.71. The lowest BCUT2D eigenvalue weighted by Crippen LogP contribution is -2.47. The fourth-order valence-corrected chi connectivity index (χ4v) is 3.15. The molecular formula is C17H35N3O2. The van der Waals surface area contributed by atoms with Crippen LogP contribution < -0.4 is 5.32 Å². The van der Waals surface area contributed by atoms with Gasteiger partial charge in [0.25, 0.3) is 0 Å². The lowest BCUT2D eigenvalue weighted by molar-refractivity contribution is 0.106. The minimum Gasteiger partial charge on any atom is -0.450 e. The van der Waals surface area contributed by atoms with Crippen molar-refractivity contribution in [3.05, 3.63) is 0 Å². The van der Waals surface area contributed by atoms with Gasteiger partial charge in [0.15, 0.2) is 0 Å². The normalized spacial score (nSPS) is 19.4. The van der Waals surface area contributed by atoms with Gasteiger partial charge < -0.3 is 15.0 Å². The number of likely N-dealkylation sites (tertiary alicyclic amines) is 1. The Kier molecular flexibility index (Phi) is 10.2. The Morgan fingerprint density at radius 1 is 1.23 bits per heavy atom. The molecule has 1 aliphatic heterocycles. The molecule has 5 nitrogen and oxygen atoms in total. The molecule has 1 fully saturated rings. The number of ether oxygens (including phenoxy) is 1. The van der Waals surface area contributed by atoms with Crippen LogP contribution in [0.1, 0.15) is 52.9 Å². The summed E-state index contributed by atoms with van der Waals surface area (Å²) < 4.78 is 4.86. The molecule has 1 heterocycles. The average Bonchev–Trinajstić information content (AvgIpc) is 2.53. The first-order chi connectivity index (χ1) is 10.7. The van der Waals surface area contributed by atoms with Crippen LogP contribution in [0, 0.1) is 0 Å². The monoisotopic (exact) mass is 313 g/mol. The molecule has 1 unspecified atom stereocenters. The summed E-state index contributed by atoms with van der Waals surface area (Å²) in [6, 6.07) is 0.715. The molecular weight excluding hydrogens is 278 g/mol. The number of carbonyl (C=O) groups is 1. The predicted molar refractivity (Wildman–Crippen MR) is 91.3 cm³/mol. The van der Waals surface area contributed by atoms with Crippen LogP contribution in [-0.2, 0) is 4.74 Å². The van der Waals surface area contributed by atoms with Crippen molar-refractivity contribution in [1.82, 2.24) is 15.1 Å². The zero-order valence-corrected chi connectivity index (χ0v) is 14.8. The van der Waals surface area contributed by atoms with Crippen molar-refractivity contribution in [2.75, 3.05) is 45.9 Å². The summed E-state index contributed by atoms with van der Waals surface area (Å²) in [5.74, 6) is 0. The molecule has 0 aromatic carbocycles. The number of rotatable bonds is 10. The summed E-state index contributed by atoms with van der Waals surface area (Å²) in [6.45, 7) is 13.3. The number of amides is 1. The van der Waals surface area contributed by atoms with E-state index in [0.717, 1.165) is 32.5 Å². The number of nitrogens with one attached hydrogen (secondary N) is 1. The molecule has 1 amide bonds.